The molecular formula is C17H9ClFN3O3. The molecule has 0 bridgehead atoms. The minimum atomic E-state index is -0.725. The number of benzene rings is 2. The van der Waals surface area contributed by atoms with E-state index in [0.717, 1.165) is 16.8 Å². The molecule has 2 heterocycles. The van der Waals surface area contributed by atoms with Crippen molar-refractivity contribution >= 4 is 33.4 Å². The van der Waals surface area contributed by atoms with E-state index < -0.39 is 22.7 Å². The van der Waals surface area contributed by atoms with Gasteiger partial charge in [0, 0.05) is 10.4 Å². The van der Waals surface area contributed by atoms with Gasteiger partial charge in [-0.15, -0.1) is 5.10 Å². The molecule has 0 fully saturated rings. The van der Waals surface area contributed by atoms with Crippen molar-refractivity contribution in [1.29, 1.82) is 0 Å². The van der Waals surface area contributed by atoms with E-state index in [9.17, 15) is 19.1 Å². The second kappa shape index (κ2) is 5.42. The van der Waals surface area contributed by atoms with Crippen LogP contribution in [0.3, 0.4) is 0 Å². The van der Waals surface area contributed by atoms with Crippen LogP contribution in [0.1, 0.15) is 0 Å². The number of nitrogens with zero attached hydrogens (tertiary/aromatic N) is 2. The van der Waals surface area contributed by atoms with Crippen LogP contribution in [0.25, 0.3) is 27.5 Å². The summed E-state index contributed by atoms with van der Waals surface area (Å²) in [4.78, 5) is 28.3. The van der Waals surface area contributed by atoms with Crippen LogP contribution in [0.5, 0.6) is 5.88 Å². The van der Waals surface area contributed by atoms with Crippen molar-refractivity contribution in [3.05, 3.63) is 73.9 Å². The van der Waals surface area contributed by atoms with E-state index >= 15 is 0 Å². The average Bonchev–Trinajstić information content (AvgIpc) is 2.58. The smallest absolute Gasteiger partial charge is 0.285 e. The SMILES string of the molecule is O=c1c2ccc(Cl)cc2[nH]c2c(O)nn(-c3ccc(F)cc3)c(=O)c12. The molecule has 4 aromatic rings. The molecule has 0 radical (unpaired) electrons. The highest BCUT2D eigenvalue weighted by atomic mass is 35.5. The third kappa shape index (κ3) is 2.36. The molecular weight excluding hydrogens is 349 g/mol. The van der Waals surface area contributed by atoms with Crippen molar-refractivity contribution in [3.63, 3.8) is 0 Å². The maximum atomic E-state index is 13.1. The van der Waals surface area contributed by atoms with Gasteiger partial charge in [-0.05, 0) is 42.5 Å². The summed E-state index contributed by atoms with van der Waals surface area (Å²) in [6.45, 7) is 0. The summed E-state index contributed by atoms with van der Waals surface area (Å²) in [5.41, 5.74) is -0.764. The molecule has 25 heavy (non-hydrogen) atoms. The molecule has 0 aliphatic carbocycles. The lowest BCUT2D eigenvalue weighted by Crippen LogP contribution is -2.26. The summed E-state index contributed by atoms with van der Waals surface area (Å²) in [5, 5.41) is 14.4. The minimum Gasteiger partial charge on any atom is -0.491 e. The molecule has 0 spiro atoms. The van der Waals surface area contributed by atoms with Crippen molar-refractivity contribution < 1.29 is 9.50 Å². The number of rotatable bonds is 1. The van der Waals surface area contributed by atoms with Crippen molar-refractivity contribution in [1.82, 2.24) is 14.8 Å². The molecule has 2 aromatic heterocycles. The van der Waals surface area contributed by atoms with Crippen molar-refractivity contribution in [3.8, 4) is 11.6 Å². The minimum absolute atomic E-state index is 0.0804. The van der Waals surface area contributed by atoms with Gasteiger partial charge in [0.1, 0.15) is 16.7 Å². The van der Waals surface area contributed by atoms with Crippen LogP contribution in [0.4, 0.5) is 4.39 Å². The Morgan fingerprint density at radius 2 is 1.84 bits per heavy atom. The van der Waals surface area contributed by atoms with Gasteiger partial charge in [-0.1, -0.05) is 11.6 Å². The largest absolute Gasteiger partial charge is 0.491 e. The number of H-pyrrole nitrogens is 1. The predicted octanol–water partition coefficient (Wildman–Crippen LogP) is 2.73. The monoisotopic (exact) mass is 357 g/mol. The van der Waals surface area contributed by atoms with Crippen LogP contribution in [-0.4, -0.2) is 19.9 Å². The number of aromatic hydroxyl groups is 1. The molecule has 0 unspecified atom stereocenters. The molecule has 0 amide bonds. The average molecular weight is 358 g/mol. The zero-order chi connectivity index (χ0) is 17.7. The lowest BCUT2D eigenvalue weighted by molar-refractivity contribution is 0.443. The molecule has 0 saturated heterocycles. The Morgan fingerprint density at radius 3 is 2.56 bits per heavy atom. The normalized spacial score (nSPS) is 11.3. The first-order valence-electron chi connectivity index (χ1n) is 7.19. The Kier molecular flexibility index (Phi) is 3.33. The van der Waals surface area contributed by atoms with Gasteiger partial charge in [0.05, 0.1) is 11.2 Å². The third-order valence-corrected chi connectivity index (χ3v) is 4.09. The lowest BCUT2D eigenvalue weighted by atomic mass is 10.1. The lowest BCUT2D eigenvalue weighted by Gasteiger charge is -2.09. The van der Waals surface area contributed by atoms with E-state index in [-0.39, 0.29) is 22.0 Å². The molecule has 0 aliphatic rings. The maximum Gasteiger partial charge on any atom is 0.285 e. The fourth-order valence-corrected chi connectivity index (χ4v) is 2.86. The first kappa shape index (κ1) is 15.3. The molecule has 2 aromatic carbocycles. The van der Waals surface area contributed by atoms with Gasteiger partial charge in [0.2, 0.25) is 5.43 Å². The third-order valence-electron chi connectivity index (χ3n) is 3.86. The molecule has 8 heteroatoms. The fourth-order valence-electron chi connectivity index (χ4n) is 2.69. The second-order valence-electron chi connectivity index (χ2n) is 5.41. The van der Waals surface area contributed by atoms with Gasteiger partial charge >= 0.3 is 0 Å². The number of fused-ring (bicyclic) bond motifs is 2. The zero-order valence-electron chi connectivity index (χ0n) is 12.5. The molecule has 4 rings (SSSR count). The predicted molar refractivity (Wildman–Crippen MR) is 92.1 cm³/mol. The van der Waals surface area contributed by atoms with Gasteiger partial charge in [0.25, 0.3) is 11.4 Å². The van der Waals surface area contributed by atoms with E-state index in [1.807, 2.05) is 0 Å². The van der Waals surface area contributed by atoms with Crippen LogP contribution >= 0.6 is 11.6 Å². The van der Waals surface area contributed by atoms with Gasteiger partial charge in [-0.25, -0.2) is 4.39 Å². The first-order chi connectivity index (χ1) is 12.0. The number of nitrogens with one attached hydrogen (secondary N) is 1. The van der Waals surface area contributed by atoms with E-state index in [1.165, 1.54) is 30.3 Å². The highest BCUT2D eigenvalue weighted by Gasteiger charge is 2.17. The maximum absolute atomic E-state index is 13.1. The number of aromatic amines is 1. The van der Waals surface area contributed by atoms with Crippen molar-refractivity contribution in [2.24, 2.45) is 0 Å². The Morgan fingerprint density at radius 1 is 1.12 bits per heavy atom. The highest BCUT2D eigenvalue weighted by molar-refractivity contribution is 6.31. The van der Waals surface area contributed by atoms with Crippen LogP contribution < -0.4 is 11.0 Å². The number of hydrogen-bond donors (Lipinski definition) is 2. The standard InChI is InChI=1S/C17H9ClFN3O3/c18-8-1-6-11-12(7-8)20-14-13(15(11)23)17(25)22(21-16(14)24)10-4-2-9(19)3-5-10/h1-7H,(H,20,23)(H,21,24). The first-order valence-corrected chi connectivity index (χ1v) is 7.57. The summed E-state index contributed by atoms with van der Waals surface area (Å²) >= 11 is 5.91. The fraction of sp³-hybridized carbons (Fsp3) is 0. The van der Waals surface area contributed by atoms with Gasteiger partial charge in [0.15, 0.2) is 0 Å². The van der Waals surface area contributed by atoms with E-state index in [1.54, 1.807) is 0 Å². The summed E-state index contributed by atoms with van der Waals surface area (Å²) in [6, 6.07) is 9.49. The summed E-state index contributed by atoms with van der Waals surface area (Å²) in [5.74, 6) is -1.01. The summed E-state index contributed by atoms with van der Waals surface area (Å²) < 4.78 is 13.9. The van der Waals surface area contributed by atoms with Crippen LogP contribution in [0, 0.1) is 5.82 Å². The number of hydrogen-bond acceptors (Lipinski definition) is 4. The molecule has 0 atom stereocenters. The second-order valence-corrected chi connectivity index (χ2v) is 5.85. The van der Waals surface area contributed by atoms with Gasteiger partial charge < -0.3 is 10.1 Å². The van der Waals surface area contributed by atoms with E-state index in [2.05, 4.69) is 10.1 Å². The molecule has 2 N–H and O–H groups in total. The number of aromatic nitrogens is 3. The van der Waals surface area contributed by atoms with E-state index in [0.29, 0.717) is 10.5 Å². The Labute approximate surface area is 143 Å². The number of halogens is 2. The molecule has 124 valence electrons. The van der Waals surface area contributed by atoms with Crippen molar-refractivity contribution in [2.45, 2.75) is 0 Å². The van der Waals surface area contributed by atoms with Crippen LogP contribution in [-0.2, 0) is 0 Å². The quantitative estimate of drug-likeness (QED) is 0.513. The summed E-state index contributed by atoms with van der Waals surface area (Å²) in [6.07, 6.45) is 0. The Balaban J connectivity index is 2.15. The zero-order valence-corrected chi connectivity index (χ0v) is 13.2. The van der Waals surface area contributed by atoms with Crippen molar-refractivity contribution in [2.75, 3.05) is 0 Å². The highest BCUT2D eigenvalue weighted by Crippen LogP contribution is 2.21. The van der Waals surface area contributed by atoms with Gasteiger partial charge in [-0.2, -0.15) is 4.68 Å². The van der Waals surface area contributed by atoms with E-state index in [4.69, 9.17) is 11.6 Å². The van der Waals surface area contributed by atoms with Crippen LogP contribution in [0.15, 0.2) is 52.1 Å². The topological polar surface area (TPSA) is 88.0 Å². The number of pyridine rings is 1. The Hall–Kier alpha value is -3.19. The Bertz CT molecular complexity index is 1260. The molecule has 0 saturated carbocycles. The van der Waals surface area contributed by atoms with Crippen LogP contribution in [0.2, 0.25) is 5.02 Å². The molecule has 6 nitrogen and oxygen atoms in total. The molecule has 0 aliphatic heterocycles. The van der Waals surface area contributed by atoms with Gasteiger partial charge in [-0.3, -0.25) is 9.59 Å². The summed E-state index contributed by atoms with van der Waals surface area (Å²) in [7, 11) is 0.